The number of carboxylic acids is 1. The lowest BCUT2D eigenvalue weighted by molar-refractivity contribution is -0.131. The number of amides is 1. The van der Waals surface area contributed by atoms with Crippen molar-refractivity contribution in [3.8, 4) is 0 Å². The lowest BCUT2D eigenvalue weighted by Gasteiger charge is -2.15. The van der Waals surface area contributed by atoms with E-state index in [4.69, 9.17) is 5.11 Å². The number of thiophene rings is 1. The summed E-state index contributed by atoms with van der Waals surface area (Å²) in [6.07, 6.45) is 5.83. The van der Waals surface area contributed by atoms with E-state index >= 15 is 0 Å². The van der Waals surface area contributed by atoms with Crippen LogP contribution in [0, 0.1) is 0 Å². The molecular weight excluding hydrogens is 262 g/mol. The molecule has 1 heterocycles. The quantitative estimate of drug-likeness (QED) is 0.617. The number of rotatable bonds is 7. The highest BCUT2D eigenvalue weighted by atomic mass is 32.1. The van der Waals surface area contributed by atoms with Gasteiger partial charge in [-0.2, -0.15) is 0 Å². The Bertz CT molecular complexity index is 465. The minimum Gasteiger partial charge on any atom is -0.478 e. The molecule has 1 aromatic rings. The first-order valence-corrected chi connectivity index (χ1v) is 7.12. The molecule has 0 radical (unpaired) electrons. The summed E-state index contributed by atoms with van der Waals surface area (Å²) in [6, 6.07) is 3.50. The lowest BCUT2D eigenvalue weighted by atomic mass is 10.2. The van der Waals surface area contributed by atoms with Crippen LogP contribution >= 0.6 is 11.3 Å². The van der Waals surface area contributed by atoms with Crippen LogP contribution in [0.1, 0.15) is 40.7 Å². The minimum absolute atomic E-state index is 0.00363. The zero-order chi connectivity index (χ0) is 14.3. The highest BCUT2D eigenvalue weighted by Gasteiger charge is 2.13. The van der Waals surface area contributed by atoms with Crippen molar-refractivity contribution in [1.82, 2.24) is 4.90 Å². The SMILES string of the molecule is CCCCCN(C)C(=O)c1ccc(/C=C/C(=O)O)s1. The molecule has 1 rings (SSSR count). The van der Waals surface area contributed by atoms with E-state index in [2.05, 4.69) is 6.92 Å². The van der Waals surface area contributed by atoms with E-state index in [1.165, 1.54) is 17.4 Å². The molecule has 0 saturated carbocycles. The summed E-state index contributed by atoms with van der Waals surface area (Å²) >= 11 is 1.31. The molecule has 0 saturated heterocycles. The third kappa shape index (κ3) is 5.26. The Hall–Kier alpha value is -1.62. The van der Waals surface area contributed by atoms with E-state index in [0.29, 0.717) is 4.88 Å². The van der Waals surface area contributed by atoms with Gasteiger partial charge in [0.05, 0.1) is 4.88 Å². The predicted octanol–water partition coefficient (Wildman–Crippen LogP) is 3.11. The first kappa shape index (κ1) is 15.4. The Morgan fingerprint density at radius 1 is 1.37 bits per heavy atom. The van der Waals surface area contributed by atoms with Gasteiger partial charge in [0.2, 0.25) is 0 Å². The molecule has 104 valence electrons. The van der Waals surface area contributed by atoms with E-state index in [9.17, 15) is 9.59 Å². The molecule has 5 heteroatoms. The summed E-state index contributed by atoms with van der Waals surface area (Å²) in [7, 11) is 1.80. The van der Waals surface area contributed by atoms with E-state index < -0.39 is 5.97 Å². The molecular formula is C14H19NO3S. The Balaban J connectivity index is 2.60. The second-order valence-electron chi connectivity index (χ2n) is 4.31. The van der Waals surface area contributed by atoms with Gasteiger partial charge >= 0.3 is 5.97 Å². The van der Waals surface area contributed by atoms with E-state index in [1.807, 2.05) is 0 Å². The molecule has 0 atom stereocenters. The third-order valence-electron chi connectivity index (χ3n) is 2.67. The molecule has 0 aromatic carbocycles. The molecule has 0 aliphatic carbocycles. The molecule has 0 unspecified atom stereocenters. The number of carboxylic acid groups (broad SMARTS) is 1. The first-order chi connectivity index (χ1) is 9.04. The minimum atomic E-state index is -0.988. The van der Waals surface area contributed by atoms with Gasteiger partial charge in [0.25, 0.3) is 5.91 Å². The van der Waals surface area contributed by atoms with Crippen LogP contribution < -0.4 is 0 Å². The topological polar surface area (TPSA) is 57.6 Å². The monoisotopic (exact) mass is 281 g/mol. The van der Waals surface area contributed by atoms with Crippen LogP contribution in [0.5, 0.6) is 0 Å². The average molecular weight is 281 g/mol. The lowest BCUT2D eigenvalue weighted by Crippen LogP contribution is -2.26. The van der Waals surface area contributed by atoms with Crippen LogP contribution in [0.3, 0.4) is 0 Å². The largest absolute Gasteiger partial charge is 0.478 e. The van der Waals surface area contributed by atoms with Crippen molar-refractivity contribution in [2.75, 3.05) is 13.6 Å². The van der Waals surface area contributed by atoms with Crippen molar-refractivity contribution in [2.45, 2.75) is 26.2 Å². The third-order valence-corrected chi connectivity index (χ3v) is 3.71. The van der Waals surface area contributed by atoms with Crippen LogP contribution in [0.2, 0.25) is 0 Å². The van der Waals surface area contributed by atoms with E-state index in [1.54, 1.807) is 24.1 Å². The summed E-state index contributed by atoms with van der Waals surface area (Å²) in [5.74, 6) is -0.992. The van der Waals surface area contributed by atoms with Crippen LogP contribution in [-0.4, -0.2) is 35.5 Å². The molecule has 4 nitrogen and oxygen atoms in total. The standard InChI is InChI=1S/C14H19NO3S/c1-3-4-5-10-15(2)14(18)12-8-6-11(19-12)7-9-13(16)17/h6-9H,3-5,10H2,1-2H3,(H,16,17)/b9-7+. The molecule has 0 spiro atoms. The maximum atomic E-state index is 12.1. The average Bonchev–Trinajstić information content (AvgIpc) is 2.84. The van der Waals surface area contributed by atoms with Gasteiger partial charge in [-0.15, -0.1) is 11.3 Å². The Morgan fingerprint density at radius 3 is 2.74 bits per heavy atom. The van der Waals surface area contributed by atoms with E-state index in [0.717, 1.165) is 36.8 Å². The number of hydrogen-bond acceptors (Lipinski definition) is 3. The molecule has 1 aromatic heterocycles. The maximum absolute atomic E-state index is 12.1. The van der Waals surface area contributed by atoms with Gasteiger partial charge in [-0.05, 0) is 24.6 Å². The summed E-state index contributed by atoms with van der Waals surface area (Å²) in [4.78, 5) is 25.6. The summed E-state index contributed by atoms with van der Waals surface area (Å²) < 4.78 is 0. The fraction of sp³-hybridized carbons (Fsp3) is 0.429. The van der Waals surface area contributed by atoms with Crippen LogP contribution in [0.25, 0.3) is 6.08 Å². The summed E-state index contributed by atoms with van der Waals surface area (Å²) in [5.41, 5.74) is 0. The molecule has 0 aliphatic rings. The van der Waals surface area contributed by atoms with Crippen molar-refractivity contribution in [2.24, 2.45) is 0 Å². The van der Waals surface area contributed by atoms with Gasteiger partial charge in [-0.3, -0.25) is 4.79 Å². The highest BCUT2D eigenvalue weighted by molar-refractivity contribution is 7.14. The normalized spacial score (nSPS) is 10.8. The Kier molecular flexibility index (Phi) is 6.29. The highest BCUT2D eigenvalue weighted by Crippen LogP contribution is 2.19. The molecule has 0 fully saturated rings. The zero-order valence-corrected chi connectivity index (χ0v) is 12.1. The van der Waals surface area contributed by atoms with Gasteiger partial charge in [0, 0.05) is 24.5 Å². The van der Waals surface area contributed by atoms with Crippen molar-refractivity contribution >= 4 is 29.3 Å². The number of aliphatic carboxylic acids is 1. The van der Waals surface area contributed by atoms with Crippen molar-refractivity contribution in [3.63, 3.8) is 0 Å². The van der Waals surface area contributed by atoms with Crippen molar-refractivity contribution in [3.05, 3.63) is 28.0 Å². The zero-order valence-electron chi connectivity index (χ0n) is 11.3. The molecule has 1 amide bonds. The first-order valence-electron chi connectivity index (χ1n) is 6.31. The van der Waals surface area contributed by atoms with Gasteiger partial charge in [-0.1, -0.05) is 19.8 Å². The smallest absolute Gasteiger partial charge is 0.328 e. The van der Waals surface area contributed by atoms with Crippen LogP contribution in [-0.2, 0) is 4.79 Å². The Labute approximate surface area is 117 Å². The Morgan fingerprint density at radius 2 is 2.11 bits per heavy atom. The van der Waals surface area contributed by atoms with E-state index in [-0.39, 0.29) is 5.91 Å². The number of unbranched alkanes of at least 4 members (excludes halogenated alkanes) is 2. The molecule has 0 bridgehead atoms. The van der Waals surface area contributed by atoms with Gasteiger partial charge in [0.15, 0.2) is 0 Å². The summed E-state index contributed by atoms with van der Waals surface area (Å²) in [5, 5.41) is 8.54. The molecule has 0 aliphatic heterocycles. The number of nitrogens with zero attached hydrogens (tertiary/aromatic N) is 1. The number of carbonyl (C=O) groups excluding carboxylic acids is 1. The van der Waals surface area contributed by atoms with Gasteiger partial charge in [-0.25, -0.2) is 4.79 Å². The van der Waals surface area contributed by atoms with Crippen molar-refractivity contribution < 1.29 is 14.7 Å². The molecule has 1 N–H and O–H groups in total. The number of hydrogen-bond donors (Lipinski definition) is 1. The fourth-order valence-electron chi connectivity index (χ4n) is 1.60. The molecule has 19 heavy (non-hydrogen) atoms. The van der Waals surface area contributed by atoms with Gasteiger partial charge in [0.1, 0.15) is 0 Å². The summed E-state index contributed by atoms with van der Waals surface area (Å²) in [6.45, 7) is 2.88. The van der Waals surface area contributed by atoms with Crippen LogP contribution in [0.15, 0.2) is 18.2 Å². The second-order valence-corrected chi connectivity index (χ2v) is 5.42. The van der Waals surface area contributed by atoms with Crippen LogP contribution in [0.4, 0.5) is 0 Å². The fourth-order valence-corrected chi connectivity index (χ4v) is 2.50. The van der Waals surface area contributed by atoms with Gasteiger partial charge < -0.3 is 10.0 Å². The predicted molar refractivity (Wildman–Crippen MR) is 77.5 cm³/mol. The van der Waals surface area contributed by atoms with Crippen molar-refractivity contribution in [1.29, 1.82) is 0 Å². The number of carbonyl (C=O) groups is 2. The second kappa shape index (κ2) is 7.74. The maximum Gasteiger partial charge on any atom is 0.328 e.